The zero-order valence-corrected chi connectivity index (χ0v) is 34.6. The number of ether oxygens (including phenoxy) is 4. The van der Waals surface area contributed by atoms with Gasteiger partial charge in [0.25, 0.3) is 0 Å². The molecule has 1 atom stereocenters. The molecule has 0 saturated carbocycles. The molecule has 3 heterocycles. The van der Waals surface area contributed by atoms with E-state index in [1.165, 1.54) is 51.0 Å². The molecule has 0 aliphatic carbocycles. The van der Waals surface area contributed by atoms with E-state index in [0.29, 0.717) is 25.9 Å². The molecule has 0 radical (unpaired) electrons. The maximum Gasteiger partial charge on any atom is 0.180 e. The third-order valence-corrected chi connectivity index (χ3v) is 9.65. The van der Waals surface area contributed by atoms with Crippen LogP contribution in [0, 0.1) is 20.8 Å². The molecular weight excluding hydrogens is 679 g/mol. The van der Waals surface area contributed by atoms with Crippen molar-refractivity contribution in [2.45, 2.75) is 92.6 Å². The summed E-state index contributed by atoms with van der Waals surface area (Å²) in [6.07, 6.45) is 3.77. The molecule has 0 bridgehead atoms. The number of benzene rings is 4. The predicted molar refractivity (Wildman–Crippen MR) is 223 cm³/mol. The van der Waals surface area contributed by atoms with E-state index in [1.54, 1.807) is 13.2 Å². The molecule has 3 aliphatic heterocycles. The van der Waals surface area contributed by atoms with Crippen LogP contribution in [0.2, 0.25) is 0 Å². The van der Waals surface area contributed by atoms with Crippen LogP contribution in [0.25, 0.3) is 0 Å². The van der Waals surface area contributed by atoms with Crippen molar-refractivity contribution in [1.82, 2.24) is 4.90 Å². The lowest BCUT2D eigenvalue weighted by atomic mass is 9.84. The highest BCUT2D eigenvalue weighted by molar-refractivity contribution is 7.95. The predicted octanol–water partition coefficient (Wildman–Crippen LogP) is 12.0. The highest BCUT2D eigenvalue weighted by Crippen LogP contribution is 2.43. The minimum Gasteiger partial charge on any atom is -0.497 e. The minimum absolute atomic E-state index is 0.403. The Morgan fingerprint density at radius 2 is 1.45 bits per heavy atom. The zero-order chi connectivity index (χ0) is 38.9. The molecule has 6 nitrogen and oxygen atoms in total. The lowest BCUT2D eigenvalue weighted by Crippen LogP contribution is -2.39. The van der Waals surface area contributed by atoms with Gasteiger partial charge in [0.15, 0.2) is 23.0 Å². The van der Waals surface area contributed by atoms with Gasteiger partial charge >= 0.3 is 0 Å². The maximum absolute atomic E-state index is 6.16. The van der Waals surface area contributed by atoms with E-state index in [-0.39, 0.29) is 0 Å². The van der Waals surface area contributed by atoms with Crippen molar-refractivity contribution < 1.29 is 23.1 Å². The Morgan fingerprint density at radius 1 is 0.849 bits per heavy atom. The van der Waals surface area contributed by atoms with E-state index in [1.807, 2.05) is 53.7 Å². The van der Waals surface area contributed by atoms with Gasteiger partial charge in [0.1, 0.15) is 19.0 Å². The first-order chi connectivity index (χ1) is 25.7. The third-order valence-electron chi connectivity index (χ3n) is 8.93. The van der Waals surface area contributed by atoms with E-state index < -0.39 is 0 Å². The van der Waals surface area contributed by atoms with Gasteiger partial charge in [0, 0.05) is 24.0 Å². The molecule has 3 aliphatic rings. The Labute approximate surface area is 324 Å². The van der Waals surface area contributed by atoms with Gasteiger partial charge in [-0.2, -0.15) is 0 Å². The zero-order valence-electron chi connectivity index (χ0n) is 33.8. The maximum atomic E-state index is 6.16. The third kappa shape index (κ3) is 12.1. The summed E-state index contributed by atoms with van der Waals surface area (Å²) in [5.74, 6) is 4.33. The van der Waals surface area contributed by atoms with Gasteiger partial charge in [0.05, 0.1) is 25.8 Å². The van der Waals surface area contributed by atoms with Gasteiger partial charge in [-0.3, -0.25) is 4.90 Å². The first-order valence-corrected chi connectivity index (χ1v) is 19.7. The first kappa shape index (κ1) is 43.1. The Hall–Kier alpha value is -4.33. The number of methoxy groups -OCH3 is 1. The van der Waals surface area contributed by atoms with Crippen molar-refractivity contribution >= 4 is 12.0 Å². The summed E-state index contributed by atoms with van der Waals surface area (Å²) in [5, 5.41) is 0. The van der Waals surface area contributed by atoms with Gasteiger partial charge in [0.2, 0.25) is 0 Å². The molecular formula is C46H61NO5S. The second-order valence-corrected chi connectivity index (χ2v) is 13.4. The van der Waals surface area contributed by atoms with Gasteiger partial charge in [-0.15, -0.1) is 0 Å². The summed E-state index contributed by atoms with van der Waals surface area (Å²) in [5.41, 5.74) is 10.3. The number of fused-ring (bicyclic) bond motifs is 5. The standard InChI is InChI=1S/C27H29NO3S.C10H12O2.C5H8.2C2H6/c1-4-30-26-15-20-14-25-24-10-7-22(29-3)13-19(24)11-12-28(25)17-21(20)16-27(26)31-32-23-8-5-18(2)6-9-23;1-7-5-9-10(6-8(7)2)12-4-3-11-9;1-4-5(2)3;2*1-2/h5-10,13,15-16,25H,4,11-12,14,17H2,1-3H3;5-6H,3-4H2,1-2H3;4H,1-2H2,3H3;2*1-2H3. The van der Waals surface area contributed by atoms with Gasteiger partial charge < -0.3 is 23.1 Å². The Balaban J connectivity index is 0.000000296. The molecule has 4 aromatic carbocycles. The van der Waals surface area contributed by atoms with Crippen LogP contribution in [0.3, 0.4) is 0 Å². The summed E-state index contributed by atoms with van der Waals surface area (Å²) in [6.45, 7) is 29.1. The lowest BCUT2D eigenvalue weighted by Gasteiger charge is -2.41. The molecule has 0 saturated heterocycles. The number of rotatable bonds is 7. The van der Waals surface area contributed by atoms with E-state index in [9.17, 15) is 0 Å². The van der Waals surface area contributed by atoms with Crippen molar-refractivity contribution in [2.24, 2.45) is 0 Å². The normalized spacial score (nSPS) is 14.5. The Bertz CT molecular complexity index is 1740. The van der Waals surface area contributed by atoms with Crippen molar-refractivity contribution in [3.8, 4) is 28.7 Å². The summed E-state index contributed by atoms with van der Waals surface area (Å²) >= 11 is 1.38. The molecule has 0 aromatic heterocycles. The van der Waals surface area contributed by atoms with Gasteiger partial charge in [-0.1, -0.05) is 76.3 Å². The smallest absolute Gasteiger partial charge is 0.180 e. The van der Waals surface area contributed by atoms with Crippen LogP contribution in [-0.2, 0) is 19.4 Å². The summed E-state index contributed by atoms with van der Waals surface area (Å²) < 4.78 is 28.4. The van der Waals surface area contributed by atoms with E-state index in [0.717, 1.165) is 65.1 Å². The highest BCUT2D eigenvalue weighted by Gasteiger charge is 2.33. The Kier molecular flexibility index (Phi) is 17.9. The number of nitrogens with zero attached hydrogens (tertiary/aromatic N) is 1. The van der Waals surface area contributed by atoms with Crippen molar-refractivity contribution in [2.75, 3.05) is 33.5 Å². The molecule has 53 heavy (non-hydrogen) atoms. The molecule has 0 spiro atoms. The molecule has 0 N–H and O–H groups in total. The molecule has 0 amide bonds. The van der Waals surface area contributed by atoms with Crippen LogP contribution in [0.4, 0.5) is 0 Å². The van der Waals surface area contributed by atoms with Crippen molar-refractivity contribution in [3.05, 3.63) is 130 Å². The fourth-order valence-corrected chi connectivity index (χ4v) is 6.58. The quantitative estimate of drug-likeness (QED) is 0.138. The molecule has 7 heteroatoms. The summed E-state index contributed by atoms with van der Waals surface area (Å²) in [6, 6.07) is 23.8. The van der Waals surface area contributed by atoms with Crippen LogP contribution in [0.15, 0.2) is 96.4 Å². The number of allylic oxidation sites excluding steroid dienone is 2. The molecule has 0 fully saturated rings. The highest BCUT2D eigenvalue weighted by atomic mass is 32.2. The number of aryl methyl sites for hydroxylation is 3. The van der Waals surface area contributed by atoms with Crippen LogP contribution in [0.1, 0.15) is 86.5 Å². The second-order valence-electron chi connectivity index (χ2n) is 12.6. The molecule has 7 rings (SSSR count). The second kappa shape index (κ2) is 22.0. The van der Waals surface area contributed by atoms with Crippen molar-refractivity contribution in [1.29, 1.82) is 0 Å². The lowest BCUT2D eigenvalue weighted by molar-refractivity contribution is 0.160. The monoisotopic (exact) mass is 739 g/mol. The van der Waals surface area contributed by atoms with E-state index in [4.69, 9.17) is 23.1 Å². The van der Waals surface area contributed by atoms with Gasteiger partial charge in [-0.25, -0.2) is 0 Å². The van der Waals surface area contributed by atoms with Crippen LogP contribution in [-0.4, -0.2) is 38.4 Å². The number of hydrogen-bond acceptors (Lipinski definition) is 7. The Morgan fingerprint density at radius 3 is 2.02 bits per heavy atom. The topological polar surface area (TPSA) is 49.4 Å². The minimum atomic E-state index is 0.403. The first-order valence-electron chi connectivity index (χ1n) is 18.9. The fraction of sp³-hybridized carbons (Fsp3) is 0.391. The van der Waals surface area contributed by atoms with Gasteiger partial charge in [-0.05, 0) is 129 Å². The van der Waals surface area contributed by atoms with Crippen LogP contribution in [0.5, 0.6) is 28.7 Å². The van der Waals surface area contributed by atoms with E-state index >= 15 is 0 Å². The SMILES string of the molecule is C=CC(=C)C.CC.CC.CCOc1cc2c(cc1OSc1ccc(C)cc1)CN1CCc3cc(OC)ccc3C1C2.Cc1cc2c(cc1C)OCCO2. The van der Waals surface area contributed by atoms with E-state index in [2.05, 4.69) is 93.4 Å². The molecule has 4 aromatic rings. The fourth-order valence-electron chi connectivity index (χ4n) is 6.02. The summed E-state index contributed by atoms with van der Waals surface area (Å²) in [7, 11) is 1.74. The summed E-state index contributed by atoms with van der Waals surface area (Å²) in [4.78, 5) is 3.67. The average molecular weight is 740 g/mol. The van der Waals surface area contributed by atoms with Crippen molar-refractivity contribution in [3.63, 3.8) is 0 Å². The molecule has 286 valence electrons. The largest absolute Gasteiger partial charge is 0.497 e. The molecule has 1 unspecified atom stereocenters. The van der Waals surface area contributed by atoms with Crippen LogP contribution >= 0.6 is 12.0 Å². The van der Waals surface area contributed by atoms with Crippen LogP contribution < -0.4 is 23.1 Å². The number of hydrogen-bond donors (Lipinski definition) is 0. The average Bonchev–Trinajstić information content (AvgIpc) is 3.19.